The number of nitrogens with zero attached hydrogens (tertiary/aromatic N) is 2. The third-order valence-corrected chi connectivity index (χ3v) is 1.82. The van der Waals surface area contributed by atoms with Crippen molar-refractivity contribution in [2.45, 2.75) is 32.2 Å². The van der Waals surface area contributed by atoms with E-state index < -0.39 is 12.0 Å². The highest BCUT2D eigenvalue weighted by Crippen LogP contribution is 2.06. The summed E-state index contributed by atoms with van der Waals surface area (Å²) in [5.74, 6) is -0.585. The van der Waals surface area contributed by atoms with Crippen molar-refractivity contribution in [3.05, 3.63) is 0 Å². The zero-order valence-corrected chi connectivity index (χ0v) is 9.14. The van der Waals surface area contributed by atoms with Crippen LogP contribution in [0.25, 0.3) is 0 Å². The van der Waals surface area contributed by atoms with Gasteiger partial charge in [-0.25, -0.2) is 19.4 Å². The van der Waals surface area contributed by atoms with Gasteiger partial charge in [-0.3, -0.25) is 0 Å². The van der Waals surface area contributed by atoms with Crippen LogP contribution in [-0.4, -0.2) is 37.3 Å². The molecule has 0 radical (unpaired) electrons. The lowest BCUT2D eigenvalue weighted by Gasteiger charge is -2.08. The lowest BCUT2D eigenvalue weighted by molar-refractivity contribution is -0.145. The molecule has 0 aliphatic carbocycles. The Morgan fingerprint density at radius 3 is 2.69 bits per heavy atom. The van der Waals surface area contributed by atoms with Gasteiger partial charge in [0, 0.05) is 0 Å². The van der Waals surface area contributed by atoms with Crippen LogP contribution in [0.1, 0.15) is 26.2 Å². The van der Waals surface area contributed by atoms with Gasteiger partial charge in [-0.1, -0.05) is 19.8 Å². The number of aliphatic imine (C=N–C) groups is 2. The van der Waals surface area contributed by atoms with E-state index in [9.17, 15) is 14.4 Å². The van der Waals surface area contributed by atoms with Gasteiger partial charge in [0.15, 0.2) is 6.04 Å². The van der Waals surface area contributed by atoms with Crippen molar-refractivity contribution in [3.63, 3.8) is 0 Å². The fraction of sp³-hybridized carbons (Fsp3) is 0.700. The summed E-state index contributed by atoms with van der Waals surface area (Å²) >= 11 is 0. The summed E-state index contributed by atoms with van der Waals surface area (Å²) in [6.07, 6.45) is 4.81. The SMILES string of the molecule is CCCCC(N=C=O)C(=O)OCCN=C=O. The molecule has 0 amide bonds. The number of hydrogen-bond acceptors (Lipinski definition) is 6. The third kappa shape index (κ3) is 6.65. The summed E-state index contributed by atoms with van der Waals surface area (Å²) in [6.45, 7) is 2.03. The van der Waals surface area contributed by atoms with Crippen LogP contribution in [0.15, 0.2) is 9.98 Å². The monoisotopic (exact) mass is 226 g/mol. The van der Waals surface area contributed by atoms with Crippen molar-refractivity contribution >= 4 is 18.1 Å². The molecule has 0 saturated heterocycles. The summed E-state index contributed by atoms with van der Waals surface area (Å²) in [4.78, 5) is 37.8. The second kappa shape index (κ2) is 9.77. The maximum Gasteiger partial charge on any atom is 0.331 e. The largest absolute Gasteiger partial charge is 0.462 e. The Morgan fingerprint density at radius 1 is 1.38 bits per heavy atom. The minimum absolute atomic E-state index is 0.00885. The molecule has 0 N–H and O–H groups in total. The minimum Gasteiger partial charge on any atom is -0.462 e. The molecule has 0 heterocycles. The molecule has 0 aromatic rings. The van der Waals surface area contributed by atoms with Gasteiger partial charge in [-0.15, -0.1) is 0 Å². The van der Waals surface area contributed by atoms with E-state index in [1.54, 1.807) is 0 Å². The molecule has 0 aliphatic heterocycles. The number of ether oxygens (including phenoxy) is 1. The van der Waals surface area contributed by atoms with Gasteiger partial charge in [-0.2, -0.15) is 4.99 Å². The number of isocyanates is 2. The minimum atomic E-state index is -0.794. The van der Waals surface area contributed by atoms with E-state index in [0.29, 0.717) is 6.42 Å². The van der Waals surface area contributed by atoms with Crippen molar-refractivity contribution in [2.75, 3.05) is 13.2 Å². The summed E-state index contributed by atoms with van der Waals surface area (Å²) < 4.78 is 4.77. The molecule has 88 valence electrons. The van der Waals surface area contributed by atoms with Crippen molar-refractivity contribution in [2.24, 2.45) is 9.98 Å². The lowest BCUT2D eigenvalue weighted by Crippen LogP contribution is -2.22. The van der Waals surface area contributed by atoms with Crippen LogP contribution in [0, 0.1) is 0 Å². The lowest BCUT2D eigenvalue weighted by atomic mass is 10.1. The quantitative estimate of drug-likeness (QED) is 0.264. The molecule has 0 rings (SSSR count). The second-order valence-corrected chi connectivity index (χ2v) is 3.02. The Morgan fingerprint density at radius 2 is 2.12 bits per heavy atom. The Bertz CT molecular complexity index is 304. The fourth-order valence-corrected chi connectivity index (χ4v) is 1.03. The molecule has 0 bridgehead atoms. The van der Waals surface area contributed by atoms with Crippen molar-refractivity contribution in [1.29, 1.82) is 0 Å². The Hall–Kier alpha value is -1.77. The number of carbonyl (C=O) groups excluding carboxylic acids is 3. The molecule has 0 aromatic heterocycles. The van der Waals surface area contributed by atoms with Gasteiger partial charge in [0.1, 0.15) is 6.61 Å². The molecular formula is C10H14N2O4. The van der Waals surface area contributed by atoms with Crippen LogP contribution in [0.3, 0.4) is 0 Å². The Balaban J connectivity index is 4.05. The van der Waals surface area contributed by atoms with Crippen LogP contribution in [0.5, 0.6) is 0 Å². The fourth-order valence-electron chi connectivity index (χ4n) is 1.03. The zero-order chi connectivity index (χ0) is 12.2. The molecule has 0 aliphatic rings. The summed E-state index contributed by atoms with van der Waals surface area (Å²) in [5.41, 5.74) is 0. The highest BCUT2D eigenvalue weighted by Gasteiger charge is 2.18. The standard InChI is InChI=1S/C10H14N2O4/c1-2-3-4-9(12-8-14)10(15)16-6-5-11-7-13/h9H,2-6H2,1H3. The van der Waals surface area contributed by atoms with Crippen LogP contribution in [-0.2, 0) is 19.1 Å². The molecule has 6 nitrogen and oxygen atoms in total. The summed E-state index contributed by atoms with van der Waals surface area (Å²) in [7, 11) is 0. The van der Waals surface area contributed by atoms with Crippen molar-refractivity contribution in [3.8, 4) is 0 Å². The van der Waals surface area contributed by atoms with Crippen LogP contribution < -0.4 is 0 Å². The number of unbranched alkanes of at least 4 members (excludes halogenated alkanes) is 1. The zero-order valence-electron chi connectivity index (χ0n) is 9.14. The number of hydrogen-bond donors (Lipinski definition) is 0. The summed E-state index contributed by atoms with van der Waals surface area (Å²) in [6, 6.07) is -0.794. The average Bonchev–Trinajstić information content (AvgIpc) is 2.29. The molecule has 0 spiro atoms. The first-order chi connectivity index (χ1) is 7.76. The van der Waals surface area contributed by atoms with E-state index in [2.05, 4.69) is 9.98 Å². The highest BCUT2D eigenvalue weighted by atomic mass is 16.5. The predicted molar refractivity (Wildman–Crippen MR) is 55.4 cm³/mol. The average molecular weight is 226 g/mol. The molecule has 16 heavy (non-hydrogen) atoms. The van der Waals surface area contributed by atoms with Gasteiger partial charge in [-0.05, 0) is 6.42 Å². The molecule has 0 fully saturated rings. The van der Waals surface area contributed by atoms with Gasteiger partial charge >= 0.3 is 5.97 Å². The van der Waals surface area contributed by atoms with Gasteiger partial charge < -0.3 is 4.74 Å². The maximum absolute atomic E-state index is 11.4. The first-order valence-electron chi connectivity index (χ1n) is 5.03. The predicted octanol–water partition coefficient (Wildman–Crippen LogP) is 0.760. The van der Waals surface area contributed by atoms with Gasteiger partial charge in [0.05, 0.1) is 6.54 Å². The van der Waals surface area contributed by atoms with Crippen LogP contribution >= 0.6 is 0 Å². The maximum atomic E-state index is 11.4. The molecule has 0 saturated carbocycles. The smallest absolute Gasteiger partial charge is 0.331 e. The topological polar surface area (TPSA) is 85.2 Å². The second-order valence-electron chi connectivity index (χ2n) is 3.02. The first kappa shape index (κ1) is 14.2. The Kier molecular flexibility index (Phi) is 8.69. The third-order valence-electron chi connectivity index (χ3n) is 1.82. The van der Waals surface area contributed by atoms with E-state index in [1.165, 1.54) is 12.2 Å². The Labute approximate surface area is 93.4 Å². The van der Waals surface area contributed by atoms with E-state index in [1.807, 2.05) is 6.92 Å². The number of carbonyl (C=O) groups is 1. The molecule has 0 aromatic carbocycles. The molecule has 1 atom stereocenters. The number of rotatable bonds is 8. The first-order valence-corrected chi connectivity index (χ1v) is 5.03. The van der Waals surface area contributed by atoms with Crippen molar-refractivity contribution < 1.29 is 19.1 Å². The molecule has 6 heteroatoms. The number of esters is 1. The van der Waals surface area contributed by atoms with E-state index in [4.69, 9.17) is 4.74 Å². The summed E-state index contributed by atoms with van der Waals surface area (Å²) in [5, 5.41) is 0. The van der Waals surface area contributed by atoms with E-state index >= 15 is 0 Å². The van der Waals surface area contributed by atoms with E-state index in [0.717, 1.165) is 12.8 Å². The highest BCUT2D eigenvalue weighted by molar-refractivity contribution is 5.76. The van der Waals surface area contributed by atoms with Gasteiger partial charge in [0.2, 0.25) is 12.2 Å². The van der Waals surface area contributed by atoms with Gasteiger partial charge in [0.25, 0.3) is 0 Å². The van der Waals surface area contributed by atoms with E-state index in [-0.39, 0.29) is 13.2 Å². The van der Waals surface area contributed by atoms with Crippen molar-refractivity contribution in [1.82, 2.24) is 0 Å². The molecular weight excluding hydrogens is 212 g/mol. The van der Waals surface area contributed by atoms with Crippen LogP contribution in [0.4, 0.5) is 0 Å². The van der Waals surface area contributed by atoms with Crippen LogP contribution in [0.2, 0.25) is 0 Å². The molecule has 1 unspecified atom stereocenters. The normalized spacial score (nSPS) is 10.8.